The third-order valence-electron chi connectivity index (χ3n) is 5.52. The van der Waals surface area contributed by atoms with Crippen LogP contribution < -0.4 is 9.64 Å². The maximum atomic E-state index is 13.3. The molecule has 2 aliphatic heterocycles. The van der Waals surface area contributed by atoms with E-state index in [0.717, 1.165) is 43.3 Å². The SMILES string of the molecule is COc1ccc(C(=O)N2CN(CC3CCCO3)Cc3c2sc(C)c3C)cc1. The lowest BCUT2D eigenvalue weighted by atomic mass is 10.1. The van der Waals surface area contributed by atoms with Crippen molar-refractivity contribution in [2.24, 2.45) is 0 Å². The van der Waals surface area contributed by atoms with Gasteiger partial charge in [-0.2, -0.15) is 0 Å². The molecule has 1 aromatic heterocycles. The number of aryl methyl sites for hydroxylation is 1. The van der Waals surface area contributed by atoms with Gasteiger partial charge in [-0.15, -0.1) is 11.3 Å². The highest BCUT2D eigenvalue weighted by Gasteiger charge is 2.32. The van der Waals surface area contributed by atoms with Gasteiger partial charge in [0.1, 0.15) is 10.8 Å². The number of thiophene rings is 1. The predicted octanol–water partition coefficient (Wildman–Crippen LogP) is 3.97. The highest BCUT2D eigenvalue weighted by molar-refractivity contribution is 7.16. The van der Waals surface area contributed by atoms with E-state index in [4.69, 9.17) is 9.47 Å². The van der Waals surface area contributed by atoms with Gasteiger partial charge in [0.15, 0.2) is 0 Å². The largest absolute Gasteiger partial charge is 0.497 e. The number of amides is 1. The Hall–Kier alpha value is -1.89. The van der Waals surface area contributed by atoms with Gasteiger partial charge in [-0.3, -0.25) is 14.6 Å². The van der Waals surface area contributed by atoms with Gasteiger partial charge in [-0.1, -0.05) is 0 Å². The Balaban J connectivity index is 1.62. The Morgan fingerprint density at radius 3 is 2.74 bits per heavy atom. The quantitative estimate of drug-likeness (QED) is 0.797. The van der Waals surface area contributed by atoms with Crippen LogP contribution in [0.2, 0.25) is 0 Å². The van der Waals surface area contributed by atoms with Crippen LogP contribution in [0.1, 0.15) is 39.2 Å². The molecule has 2 aliphatic rings. The number of methoxy groups -OCH3 is 1. The monoisotopic (exact) mass is 386 g/mol. The van der Waals surface area contributed by atoms with Crippen LogP contribution in [-0.2, 0) is 11.3 Å². The number of carbonyl (C=O) groups excluding carboxylic acids is 1. The van der Waals surface area contributed by atoms with E-state index in [1.165, 1.54) is 16.0 Å². The minimum atomic E-state index is 0.0391. The van der Waals surface area contributed by atoms with E-state index >= 15 is 0 Å². The molecule has 2 aromatic rings. The summed E-state index contributed by atoms with van der Waals surface area (Å²) >= 11 is 1.72. The number of nitrogens with zero attached hydrogens (tertiary/aromatic N) is 2. The van der Waals surface area contributed by atoms with Gasteiger partial charge in [-0.25, -0.2) is 0 Å². The first-order valence-corrected chi connectivity index (χ1v) is 10.3. The van der Waals surface area contributed by atoms with Crippen molar-refractivity contribution in [2.75, 3.05) is 31.8 Å². The molecule has 27 heavy (non-hydrogen) atoms. The van der Waals surface area contributed by atoms with E-state index in [-0.39, 0.29) is 12.0 Å². The molecule has 1 amide bonds. The van der Waals surface area contributed by atoms with E-state index in [9.17, 15) is 4.79 Å². The van der Waals surface area contributed by atoms with Crippen molar-refractivity contribution in [3.63, 3.8) is 0 Å². The lowest BCUT2D eigenvalue weighted by molar-refractivity contribution is 0.0663. The van der Waals surface area contributed by atoms with Gasteiger partial charge >= 0.3 is 0 Å². The second kappa shape index (κ2) is 7.62. The molecule has 144 valence electrons. The number of carbonyl (C=O) groups is 1. The Morgan fingerprint density at radius 1 is 1.30 bits per heavy atom. The smallest absolute Gasteiger partial charge is 0.260 e. The fourth-order valence-electron chi connectivity index (χ4n) is 3.84. The van der Waals surface area contributed by atoms with Gasteiger partial charge < -0.3 is 9.47 Å². The Labute approximate surface area is 164 Å². The maximum Gasteiger partial charge on any atom is 0.260 e. The number of anilines is 1. The molecule has 0 aliphatic carbocycles. The number of fused-ring (bicyclic) bond motifs is 1. The summed E-state index contributed by atoms with van der Waals surface area (Å²) in [6.45, 7) is 7.53. The maximum absolute atomic E-state index is 13.3. The highest BCUT2D eigenvalue weighted by Crippen LogP contribution is 2.40. The third-order valence-corrected chi connectivity index (χ3v) is 6.80. The fourth-order valence-corrected chi connectivity index (χ4v) is 5.00. The molecular weight excluding hydrogens is 360 g/mol. The van der Waals surface area contributed by atoms with Crippen LogP contribution in [0.5, 0.6) is 5.75 Å². The van der Waals surface area contributed by atoms with Crippen molar-refractivity contribution in [3.05, 3.63) is 45.8 Å². The van der Waals surface area contributed by atoms with Gasteiger partial charge in [0.05, 0.1) is 19.9 Å². The Morgan fingerprint density at radius 2 is 2.07 bits per heavy atom. The molecule has 1 aromatic carbocycles. The summed E-state index contributed by atoms with van der Waals surface area (Å²) in [7, 11) is 1.63. The van der Waals surface area contributed by atoms with Gasteiger partial charge in [-0.05, 0) is 56.5 Å². The van der Waals surface area contributed by atoms with E-state index in [0.29, 0.717) is 12.2 Å². The van der Waals surface area contributed by atoms with E-state index in [2.05, 4.69) is 18.7 Å². The zero-order chi connectivity index (χ0) is 19.0. The first-order valence-electron chi connectivity index (χ1n) is 9.45. The normalized spacial score (nSPS) is 20.0. The van der Waals surface area contributed by atoms with Crippen molar-refractivity contribution in [3.8, 4) is 5.75 Å². The van der Waals surface area contributed by atoms with Gasteiger partial charge in [0.25, 0.3) is 5.91 Å². The Bertz CT molecular complexity index is 825. The average Bonchev–Trinajstić information content (AvgIpc) is 3.30. The zero-order valence-electron chi connectivity index (χ0n) is 16.2. The van der Waals surface area contributed by atoms with Crippen LogP contribution in [-0.4, -0.2) is 43.8 Å². The minimum absolute atomic E-state index is 0.0391. The molecular formula is C21H26N2O3S. The molecule has 0 bridgehead atoms. The molecule has 0 spiro atoms. The van der Waals surface area contributed by atoms with Crippen LogP contribution in [0.25, 0.3) is 0 Å². The van der Waals surface area contributed by atoms with E-state index in [1.54, 1.807) is 18.4 Å². The fraction of sp³-hybridized carbons (Fsp3) is 0.476. The molecule has 1 atom stereocenters. The van der Waals surface area contributed by atoms with E-state index < -0.39 is 0 Å². The second-order valence-electron chi connectivity index (χ2n) is 7.32. The van der Waals surface area contributed by atoms with Crippen LogP contribution in [0, 0.1) is 13.8 Å². The molecule has 0 radical (unpaired) electrons. The van der Waals surface area contributed by atoms with Gasteiger partial charge in [0.2, 0.25) is 0 Å². The van der Waals surface area contributed by atoms with Crippen molar-refractivity contribution in [2.45, 2.75) is 39.3 Å². The lowest BCUT2D eigenvalue weighted by Gasteiger charge is -2.36. The zero-order valence-corrected chi connectivity index (χ0v) is 17.0. The van der Waals surface area contributed by atoms with E-state index in [1.807, 2.05) is 29.2 Å². The lowest BCUT2D eigenvalue weighted by Crippen LogP contribution is -2.47. The van der Waals surface area contributed by atoms with Crippen LogP contribution in [0.15, 0.2) is 24.3 Å². The number of rotatable bonds is 4. The average molecular weight is 387 g/mol. The van der Waals surface area contributed by atoms with Crippen LogP contribution in [0.4, 0.5) is 5.00 Å². The number of hydrogen-bond donors (Lipinski definition) is 0. The third kappa shape index (κ3) is 3.61. The molecule has 6 heteroatoms. The molecule has 1 fully saturated rings. The van der Waals surface area contributed by atoms with Crippen molar-refractivity contribution < 1.29 is 14.3 Å². The summed E-state index contributed by atoms with van der Waals surface area (Å²) in [6.07, 6.45) is 2.52. The van der Waals surface area contributed by atoms with Gasteiger partial charge in [0, 0.05) is 35.7 Å². The predicted molar refractivity (Wildman–Crippen MR) is 108 cm³/mol. The number of hydrogen-bond acceptors (Lipinski definition) is 5. The first kappa shape index (κ1) is 18.5. The molecule has 0 N–H and O–H groups in total. The summed E-state index contributed by atoms with van der Waals surface area (Å²) in [4.78, 5) is 18.9. The first-order chi connectivity index (χ1) is 13.1. The van der Waals surface area contributed by atoms with Crippen LogP contribution >= 0.6 is 11.3 Å². The van der Waals surface area contributed by atoms with Crippen molar-refractivity contribution in [1.82, 2.24) is 4.90 Å². The van der Waals surface area contributed by atoms with Crippen molar-refractivity contribution >= 4 is 22.2 Å². The number of ether oxygens (including phenoxy) is 2. The molecule has 4 rings (SSSR count). The summed E-state index contributed by atoms with van der Waals surface area (Å²) in [5, 5.41) is 1.09. The molecule has 3 heterocycles. The van der Waals surface area contributed by atoms with Crippen molar-refractivity contribution in [1.29, 1.82) is 0 Å². The second-order valence-corrected chi connectivity index (χ2v) is 8.52. The summed E-state index contributed by atoms with van der Waals surface area (Å²) < 4.78 is 11.0. The molecule has 1 unspecified atom stereocenters. The van der Waals surface area contributed by atoms with Crippen LogP contribution in [0.3, 0.4) is 0 Å². The highest BCUT2D eigenvalue weighted by atomic mass is 32.1. The Kier molecular flexibility index (Phi) is 5.21. The summed E-state index contributed by atoms with van der Waals surface area (Å²) in [6, 6.07) is 7.36. The summed E-state index contributed by atoms with van der Waals surface area (Å²) in [5.74, 6) is 0.797. The molecule has 1 saturated heterocycles. The topological polar surface area (TPSA) is 42.0 Å². The summed E-state index contributed by atoms with van der Waals surface area (Å²) in [5.41, 5.74) is 3.27. The number of benzene rings is 1. The molecule has 0 saturated carbocycles. The molecule has 5 nitrogen and oxygen atoms in total. The standard InChI is InChI=1S/C21H26N2O3S/c1-14-15(2)27-21-19(14)12-22(11-18-5-4-10-26-18)13-23(21)20(24)16-6-8-17(25-3)9-7-16/h6-9,18H,4-5,10-13H2,1-3H3. The minimum Gasteiger partial charge on any atom is -0.497 e.